The van der Waals surface area contributed by atoms with Crippen LogP contribution in [-0.4, -0.2) is 37.7 Å². The first-order valence-electron chi connectivity index (χ1n) is 8.36. The lowest BCUT2D eigenvalue weighted by molar-refractivity contribution is -0.112. The first kappa shape index (κ1) is 18.1. The lowest BCUT2D eigenvalue weighted by Crippen LogP contribution is -2.45. The number of aryl methyl sites for hydroxylation is 1. The van der Waals surface area contributed by atoms with E-state index < -0.39 is 0 Å². The zero-order valence-electron chi connectivity index (χ0n) is 14.4. The van der Waals surface area contributed by atoms with Crippen LogP contribution in [0.1, 0.15) is 21.8 Å². The molecule has 1 fully saturated rings. The van der Waals surface area contributed by atoms with Crippen LogP contribution in [0.3, 0.4) is 0 Å². The number of thioether (sulfide) groups is 1. The Hall–Kier alpha value is -2.23. The van der Waals surface area contributed by atoms with Crippen LogP contribution in [0, 0.1) is 6.92 Å². The Bertz CT molecular complexity index is 1040. The fourth-order valence-electron chi connectivity index (χ4n) is 2.89. The van der Waals surface area contributed by atoms with Crippen molar-refractivity contribution in [2.45, 2.75) is 19.4 Å². The predicted molar refractivity (Wildman–Crippen MR) is 113 cm³/mol. The number of carbonyl (C=O) groups excluding carboxylic acids is 2. The fraction of sp³-hybridized carbons (Fsp3) is 0.222. The van der Waals surface area contributed by atoms with E-state index in [9.17, 15) is 9.59 Å². The Morgan fingerprint density at radius 1 is 1.33 bits per heavy atom. The fourth-order valence-corrected chi connectivity index (χ4v) is 5.14. The molecule has 1 aromatic carbocycles. The topological polar surface area (TPSA) is 76.0 Å². The second kappa shape index (κ2) is 7.41. The lowest BCUT2D eigenvalue weighted by Gasteiger charge is -2.12. The van der Waals surface area contributed by atoms with Gasteiger partial charge in [-0.05, 0) is 43.8 Å². The van der Waals surface area contributed by atoms with Crippen LogP contribution in [0.2, 0.25) is 0 Å². The number of para-hydroxylation sites is 1. The van der Waals surface area contributed by atoms with Crippen molar-refractivity contribution in [1.29, 1.82) is 0 Å². The first-order valence-corrected chi connectivity index (χ1v) is 10.6. The Labute approximate surface area is 169 Å². The number of thiocarbonyl (C=S) groups is 1. The summed E-state index contributed by atoms with van der Waals surface area (Å²) in [4.78, 5) is 25.7. The molecule has 3 aromatic rings. The third-order valence-corrected chi connectivity index (χ3v) is 6.58. The summed E-state index contributed by atoms with van der Waals surface area (Å²) in [6.07, 6.45) is 0.717. The minimum Gasteiger partial charge on any atom is -0.352 e. The number of amides is 1. The third kappa shape index (κ3) is 3.62. The second-order valence-electron chi connectivity index (χ2n) is 6.10. The molecule has 0 spiro atoms. The van der Waals surface area contributed by atoms with Crippen molar-refractivity contribution >= 4 is 61.7 Å². The molecule has 0 saturated carbocycles. The van der Waals surface area contributed by atoms with Gasteiger partial charge in [-0.25, -0.2) is 4.68 Å². The molecule has 2 N–H and O–H groups in total. The molecule has 27 heavy (non-hydrogen) atoms. The maximum Gasteiger partial charge on any atom is 0.267 e. The molecule has 0 unspecified atom stereocenters. The van der Waals surface area contributed by atoms with Crippen molar-refractivity contribution in [3.8, 4) is 5.69 Å². The quantitative estimate of drug-likeness (QED) is 0.639. The highest BCUT2D eigenvalue weighted by atomic mass is 32.2. The molecule has 1 aliphatic heterocycles. The molecular formula is C18H16N4O2S3. The Balaban J connectivity index is 1.54. The molecule has 0 bridgehead atoms. The zero-order valence-corrected chi connectivity index (χ0v) is 16.8. The molecule has 4 rings (SSSR count). The molecular weight excluding hydrogens is 400 g/mol. The number of nitrogens with one attached hydrogen (secondary N) is 2. The van der Waals surface area contributed by atoms with E-state index >= 15 is 0 Å². The van der Waals surface area contributed by atoms with Gasteiger partial charge in [-0.15, -0.1) is 11.3 Å². The monoisotopic (exact) mass is 416 g/mol. The number of benzene rings is 1. The van der Waals surface area contributed by atoms with Gasteiger partial charge in [0.1, 0.15) is 4.83 Å². The number of fused-ring (bicyclic) bond motifs is 1. The maximum atomic E-state index is 12.6. The minimum atomic E-state index is -0.320. The van der Waals surface area contributed by atoms with Crippen LogP contribution in [0.5, 0.6) is 0 Å². The maximum absolute atomic E-state index is 12.6. The molecule has 3 heterocycles. The summed E-state index contributed by atoms with van der Waals surface area (Å²) in [6, 6.07) is 11.3. The number of nitrogens with zero attached hydrogens (tertiary/aromatic N) is 2. The highest BCUT2D eigenvalue weighted by molar-refractivity contribution is 8.14. The van der Waals surface area contributed by atoms with Crippen molar-refractivity contribution in [1.82, 2.24) is 20.4 Å². The predicted octanol–water partition coefficient (Wildman–Crippen LogP) is 3.03. The van der Waals surface area contributed by atoms with Crippen LogP contribution >= 0.6 is 35.3 Å². The van der Waals surface area contributed by atoms with E-state index in [-0.39, 0.29) is 22.2 Å². The van der Waals surface area contributed by atoms with Crippen LogP contribution in [0.4, 0.5) is 0 Å². The number of hydrogen-bond acceptors (Lipinski definition) is 6. The molecule has 138 valence electrons. The normalized spacial score (nSPS) is 16.6. The summed E-state index contributed by atoms with van der Waals surface area (Å²) >= 11 is 7.84. The highest BCUT2D eigenvalue weighted by Gasteiger charge is 2.26. The van der Waals surface area contributed by atoms with Crippen LogP contribution in [0.25, 0.3) is 15.9 Å². The summed E-state index contributed by atoms with van der Waals surface area (Å²) in [7, 11) is 0. The Morgan fingerprint density at radius 3 is 2.81 bits per heavy atom. The van der Waals surface area contributed by atoms with Gasteiger partial charge in [0.05, 0.1) is 22.3 Å². The van der Waals surface area contributed by atoms with Gasteiger partial charge in [-0.1, -0.05) is 30.0 Å². The van der Waals surface area contributed by atoms with E-state index in [1.54, 1.807) is 0 Å². The van der Waals surface area contributed by atoms with Crippen molar-refractivity contribution in [2.75, 3.05) is 5.75 Å². The van der Waals surface area contributed by atoms with Gasteiger partial charge in [0, 0.05) is 11.1 Å². The number of thiophene rings is 1. The van der Waals surface area contributed by atoms with Crippen molar-refractivity contribution in [3.63, 3.8) is 0 Å². The lowest BCUT2D eigenvalue weighted by atomic mass is 10.2. The summed E-state index contributed by atoms with van der Waals surface area (Å²) in [5.74, 6) is 0.490. The van der Waals surface area contributed by atoms with Gasteiger partial charge >= 0.3 is 0 Å². The SMILES string of the molecule is Cc1nn(-c2ccccc2)c2sc(C(=O)NC(=S)N[C@H]3CCSC3=O)cc12. The molecule has 0 radical (unpaired) electrons. The number of rotatable bonds is 3. The average molecular weight is 417 g/mol. The number of carbonyl (C=O) groups is 2. The molecule has 0 aliphatic carbocycles. The summed E-state index contributed by atoms with van der Waals surface area (Å²) in [5, 5.41) is 11.4. The van der Waals surface area contributed by atoms with E-state index in [0.717, 1.165) is 27.4 Å². The van der Waals surface area contributed by atoms with E-state index in [2.05, 4.69) is 15.7 Å². The smallest absolute Gasteiger partial charge is 0.267 e. The van der Waals surface area contributed by atoms with E-state index in [0.29, 0.717) is 11.3 Å². The van der Waals surface area contributed by atoms with Crippen LogP contribution in [0.15, 0.2) is 36.4 Å². The third-order valence-electron chi connectivity index (χ3n) is 4.24. The van der Waals surface area contributed by atoms with Crippen molar-refractivity contribution in [3.05, 3.63) is 47.0 Å². The zero-order chi connectivity index (χ0) is 19.0. The van der Waals surface area contributed by atoms with Crippen LogP contribution in [-0.2, 0) is 4.79 Å². The Kier molecular flexibility index (Phi) is 4.98. The summed E-state index contributed by atoms with van der Waals surface area (Å²) in [5.41, 5.74) is 1.80. The van der Waals surface area contributed by atoms with E-state index in [1.165, 1.54) is 23.1 Å². The van der Waals surface area contributed by atoms with Gasteiger partial charge in [0.15, 0.2) is 5.11 Å². The van der Waals surface area contributed by atoms with Crippen molar-refractivity contribution in [2.24, 2.45) is 0 Å². The standard InChI is InChI=1S/C18H16N4O2S3/c1-10-12-9-14(15(23)20-18(25)19-13-7-8-26-17(13)24)27-16(12)22(21-10)11-5-3-2-4-6-11/h2-6,9,13H,7-8H2,1H3,(H2,19,20,23,25)/t13-/m0/s1. The molecule has 1 amide bonds. The van der Waals surface area contributed by atoms with E-state index in [4.69, 9.17) is 12.2 Å². The first-order chi connectivity index (χ1) is 13.0. The number of hydrogen-bond donors (Lipinski definition) is 2. The Morgan fingerprint density at radius 2 is 2.11 bits per heavy atom. The molecule has 2 aromatic heterocycles. The highest BCUT2D eigenvalue weighted by Crippen LogP contribution is 2.30. The summed E-state index contributed by atoms with van der Waals surface area (Å²) in [6.45, 7) is 1.92. The minimum absolute atomic E-state index is 0.0621. The van der Waals surface area contributed by atoms with Crippen LogP contribution < -0.4 is 10.6 Å². The second-order valence-corrected chi connectivity index (χ2v) is 8.64. The molecule has 1 atom stereocenters. The van der Waals surface area contributed by atoms with Gasteiger partial charge in [-0.3, -0.25) is 14.9 Å². The largest absolute Gasteiger partial charge is 0.352 e. The van der Waals surface area contributed by atoms with Crippen molar-refractivity contribution < 1.29 is 9.59 Å². The average Bonchev–Trinajstić information content (AvgIpc) is 3.33. The van der Waals surface area contributed by atoms with Gasteiger partial charge in [0.25, 0.3) is 5.91 Å². The molecule has 9 heteroatoms. The number of aromatic nitrogens is 2. The molecule has 1 aliphatic rings. The molecule has 6 nitrogen and oxygen atoms in total. The van der Waals surface area contributed by atoms with E-state index in [1.807, 2.05) is 48.0 Å². The van der Waals surface area contributed by atoms with Gasteiger partial charge in [-0.2, -0.15) is 5.10 Å². The molecule has 1 saturated heterocycles. The van der Waals surface area contributed by atoms with Gasteiger partial charge in [0.2, 0.25) is 5.12 Å². The summed E-state index contributed by atoms with van der Waals surface area (Å²) < 4.78 is 1.84. The van der Waals surface area contributed by atoms with Gasteiger partial charge < -0.3 is 5.32 Å².